The summed E-state index contributed by atoms with van der Waals surface area (Å²) in [6.07, 6.45) is 1.38. The maximum absolute atomic E-state index is 13.2. The van der Waals surface area contributed by atoms with Crippen LogP contribution in [0, 0.1) is 11.6 Å². The Morgan fingerprint density at radius 3 is 2.54 bits per heavy atom. The van der Waals surface area contributed by atoms with Crippen molar-refractivity contribution in [3.63, 3.8) is 0 Å². The van der Waals surface area contributed by atoms with Crippen molar-refractivity contribution in [1.82, 2.24) is 9.62 Å². The highest BCUT2D eigenvalue weighted by Gasteiger charge is 2.25. The molecular weight excluding hydrogens is 354 g/mol. The fourth-order valence-corrected chi connectivity index (χ4v) is 5.11. The van der Waals surface area contributed by atoms with Crippen LogP contribution in [0.25, 0.3) is 0 Å². The van der Waals surface area contributed by atoms with E-state index in [1.807, 2.05) is 0 Å². The molecule has 0 spiro atoms. The highest BCUT2D eigenvalue weighted by Crippen LogP contribution is 2.20. The molecule has 2 aromatic rings. The number of nitrogens with zero attached hydrogens (tertiary/aromatic N) is 1. The third-order valence-corrected chi connectivity index (χ3v) is 6.98. The highest BCUT2D eigenvalue weighted by atomic mass is 32.2. The van der Waals surface area contributed by atoms with Crippen LogP contribution in [-0.2, 0) is 16.6 Å². The average molecular weight is 372 g/mol. The molecule has 0 bridgehead atoms. The zero-order valence-corrected chi connectivity index (χ0v) is 14.5. The molecule has 130 valence electrons. The molecule has 3 rings (SSSR count). The Balaban J connectivity index is 1.53. The lowest BCUT2D eigenvalue weighted by Gasteiger charge is -2.32. The molecule has 0 radical (unpaired) electrons. The Morgan fingerprint density at radius 2 is 1.92 bits per heavy atom. The van der Waals surface area contributed by atoms with Gasteiger partial charge in [-0.1, -0.05) is 12.1 Å². The molecule has 8 heteroatoms. The molecule has 1 aromatic carbocycles. The van der Waals surface area contributed by atoms with Gasteiger partial charge in [-0.2, -0.15) is 0 Å². The molecule has 2 heterocycles. The molecule has 4 nitrogen and oxygen atoms in total. The fourth-order valence-electron chi connectivity index (χ4n) is 2.80. The van der Waals surface area contributed by atoms with E-state index in [0.29, 0.717) is 42.2 Å². The van der Waals surface area contributed by atoms with E-state index in [2.05, 4.69) is 9.62 Å². The number of hydrogen-bond donors (Lipinski definition) is 1. The minimum Gasteiger partial charge on any atom is -0.299 e. The minimum atomic E-state index is -3.44. The molecule has 0 amide bonds. The summed E-state index contributed by atoms with van der Waals surface area (Å²) in [6.45, 7) is 1.94. The van der Waals surface area contributed by atoms with Crippen LogP contribution < -0.4 is 4.72 Å². The average Bonchev–Trinajstić information content (AvgIpc) is 3.08. The molecule has 0 unspecified atom stereocenters. The van der Waals surface area contributed by atoms with Gasteiger partial charge < -0.3 is 0 Å². The predicted molar refractivity (Wildman–Crippen MR) is 89.3 cm³/mol. The molecule has 1 fully saturated rings. The summed E-state index contributed by atoms with van der Waals surface area (Å²) in [7, 11) is -3.44. The van der Waals surface area contributed by atoms with Gasteiger partial charge in [0.15, 0.2) is 11.6 Å². The van der Waals surface area contributed by atoms with Gasteiger partial charge in [0.25, 0.3) is 0 Å². The lowest BCUT2D eigenvalue weighted by molar-refractivity contribution is 0.199. The Kier molecular flexibility index (Phi) is 5.29. The molecule has 1 aliphatic rings. The largest absolute Gasteiger partial charge is 0.299 e. The van der Waals surface area contributed by atoms with E-state index in [-0.39, 0.29) is 6.04 Å². The van der Waals surface area contributed by atoms with Crippen LogP contribution in [0.15, 0.2) is 39.9 Å². The van der Waals surface area contributed by atoms with Gasteiger partial charge in [0.05, 0.1) is 0 Å². The first-order valence-corrected chi connectivity index (χ1v) is 10.0. The second kappa shape index (κ2) is 7.26. The summed E-state index contributed by atoms with van der Waals surface area (Å²) in [5.41, 5.74) is 0.714. The Hall–Kier alpha value is -1.35. The topological polar surface area (TPSA) is 49.4 Å². The van der Waals surface area contributed by atoms with E-state index >= 15 is 0 Å². The van der Waals surface area contributed by atoms with Crippen LogP contribution in [0.3, 0.4) is 0 Å². The smallest absolute Gasteiger partial charge is 0.250 e. The van der Waals surface area contributed by atoms with E-state index < -0.39 is 21.7 Å². The van der Waals surface area contributed by atoms with Crippen LogP contribution in [0.5, 0.6) is 0 Å². The number of hydrogen-bond acceptors (Lipinski definition) is 4. The lowest BCUT2D eigenvalue weighted by atomic mass is 10.1. The second-order valence-corrected chi connectivity index (χ2v) is 8.74. The number of nitrogens with one attached hydrogen (secondary N) is 1. The van der Waals surface area contributed by atoms with Crippen LogP contribution in [0.1, 0.15) is 18.4 Å². The number of piperidine rings is 1. The van der Waals surface area contributed by atoms with Gasteiger partial charge in [-0.15, -0.1) is 11.3 Å². The Bertz CT molecular complexity index is 786. The fraction of sp³-hybridized carbons (Fsp3) is 0.375. The van der Waals surface area contributed by atoms with E-state index in [9.17, 15) is 17.2 Å². The van der Waals surface area contributed by atoms with Gasteiger partial charge in [-0.3, -0.25) is 4.90 Å². The van der Waals surface area contributed by atoms with Gasteiger partial charge in [-0.05, 0) is 42.0 Å². The highest BCUT2D eigenvalue weighted by molar-refractivity contribution is 7.91. The molecule has 0 aliphatic carbocycles. The quantitative estimate of drug-likeness (QED) is 0.878. The van der Waals surface area contributed by atoms with Crippen molar-refractivity contribution in [1.29, 1.82) is 0 Å². The first-order chi connectivity index (χ1) is 11.4. The van der Waals surface area contributed by atoms with E-state index in [1.165, 1.54) is 17.4 Å². The van der Waals surface area contributed by atoms with E-state index in [1.54, 1.807) is 23.6 Å². The lowest BCUT2D eigenvalue weighted by Crippen LogP contribution is -2.44. The molecule has 1 saturated heterocycles. The van der Waals surface area contributed by atoms with Crippen molar-refractivity contribution in [2.75, 3.05) is 13.1 Å². The molecular formula is C16H18F2N2O2S2. The number of benzene rings is 1. The molecule has 1 aromatic heterocycles. The summed E-state index contributed by atoms with van der Waals surface area (Å²) < 4.78 is 53.7. The molecule has 24 heavy (non-hydrogen) atoms. The van der Waals surface area contributed by atoms with Crippen molar-refractivity contribution in [3.05, 3.63) is 52.9 Å². The monoisotopic (exact) mass is 372 g/mol. The SMILES string of the molecule is O=S(=O)(NC1CCN(Cc2ccc(F)c(F)c2)CC1)c1cccs1. The summed E-state index contributed by atoms with van der Waals surface area (Å²) in [5, 5.41) is 1.74. The molecule has 1 N–H and O–H groups in total. The predicted octanol–water partition coefficient (Wildman–Crippen LogP) is 2.97. The number of likely N-dealkylation sites (tertiary alicyclic amines) is 1. The molecule has 1 aliphatic heterocycles. The first-order valence-electron chi connectivity index (χ1n) is 7.66. The number of rotatable bonds is 5. The van der Waals surface area contributed by atoms with Crippen molar-refractivity contribution in [2.24, 2.45) is 0 Å². The summed E-state index contributed by atoms with van der Waals surface area (Å²) >= 11 is 1.20. The maximum Gasteiger partial charge on any atom is 0.250 e. The van der Waals surface area contributed by atoms with Crippen LogP contribution in [-0.4, -0.2) is 32.4 Å². The third-order valence-electron chi connectivity index (χ3n) is 4.06. The molecule has 0 saturated carbocycles. The standard InChI is InChI=1S/C16H18F2N2O2S2/c17-14-4-3-12(10-15(14)18)11-20-7-5-13(6-8-20)19-24(21,22)16-2-1-9-23-16/h1-4,9-10,13,19H,5-8,11H2. The second-order valence-electron chi connectivity index (χ2n) is 5.85. The van der Waals surface area contributed by atoms with Crippen molar-refractivity contribution in [3.8, 4) is 0 Å². The van der Waals surface area contributed by atoms with Crippen molar-refractivity contribution >= 4 is 21.4 Å². The third kappa shape index (κ3) is 4.18. The summed E-state index contributed by atoms with van der Waals surface area (Å²) in [4.78, 5) is 2.11. The van der Waals surface area contributed by atoms with Gasteiger partial charge in [0.1, 0.15) is 4.21 Å². The van der Waals surface area contributed by atoms with E-state index in [0.717, 1.165) is 6.07 Å². The zero-order chi connectivity index (χ0) is 17.2. The maximum atomic E-state index is 13.2. The van der Waals surface area contributed by atoms with E-state index in [4.69, 9.17) is 0 Å². The van der Waals surface area contributed by atoms with Crippen molar-refractivity contribution < 1.29 is 17.2 Å². The van der Waals surface area contributed by atoms with Gasteiger partial charge >= 0.3 is 0 Å². The van der Waals surface area contributed by atoms with Crippen LogP contribution in [0.4, 0.5) is 8.78 Å². The Labute approximate surface area is 144 Å². The summed E-state index contributed by atoms with van der Waals surface area (Å²) in [6, 6.07) is 7.12. The van der Waals surface area contributed by atoms with Gasteiger partial charge in [0, 0.05) is 25.7 Å². The summed E-state index contributed by atoms with van der Waals surface area (Å²) in [5.74, 6) is -1.69. The Morgan fingerprint density at radius 1 is 1.17 bits per heavy atom. The van der Waals surface area contributed by atoms with Gasteiger partial charge in [0.2, 0.25) is 10.0 Å². The number of sulfonamides is 1. The van der Waals surface area contributed by atoms with Crippen LogP contribution in [0.2, 0.25) is 0 Å². The zero-order valence-electron chi connectivity index (χ0n) is 12.9. The minimum absolute atomic E-state index is 0.0988. The number of thiophene rings is 1. The van der Waals surface area contributed by atoms with Crippen LogP contribution >= 0.6 is 11.3 Å². The number of halogens is 2. The molecule has 0 atom stereocenters. The van der Waals surface area contributed by atoms with Crippen molar-refractivity contribution in [2.45, 2.75) is 29.6 Å². The first kappa shape index (κ1) is 17.5. The van der Waals surface area contributed by atoms with Gasteiger partial charge in [-0.25, -0.2) is 21.9 Å². The normalized spacial score (nSPS) is 17.2.